The molecule has 5 heteroatoms. The molecule has 1 atom stereocenters. The van der Waals surface area contributed by atoms with Crippen LogP contribution in [0.25, 0.3) is 0 Å². The number of aryl methyl sites for hydroxylation is 1. The molecule has 1 amide bonds. The highest BCUT2D eigenvalue weighted by molar-refractivity contribution is 5.98. The monoisotopic (exact) mass is 279 g/mol. The van der Waals surface area contributed by atoms with Crippen LogP contribution in [0.5, 0.6) is 0 Å². The van der Waals surface area contributed by atoms with Gasteiger partial charge in [-0.05, 0) is 39.3 Å². The maximum absolute atomic E-state index is 12.1. The summed E-state index contributed by atoms with van der Waals surface area (Å²) in [5.41, 5.74) is 0.595. The fraction of sp³-hybridized carbons (Fsp3) is 0.467. The van der Waals surface area contributed by atoms with E-state index in [1.807, 2.05) is 6.07 Å². The molecule has 0 unspecified atom stereocenters. The number of ether oxygens (including phenoxy) is 1. The molecule has 0 saturated carbocycles. The van der Waals surface area contributed by atoms with E-state index in [0.29, 0.717) is 5.56 Å². The number of carbonyl (C=O) groups is 2. The van der Waals surface area contributed by atoms with E-state index in [0.717, 1.165) is 5.56 Å². The molecule has 0 fully saturated rings. The Kier molecular flexibility index (Phi) is 5.27. The van der Waals surface area contributed by atoms with Gasteiger partial charge in [0.2, 0.25) is 0 Å². The summed E-state index contributed by atoms with van der Waals surface area (Å²) >= 11 is 0. The SMILES string of the molecule is Cc1ccccc1C(=O)N[C@@H](CO)C(=O)OC(C)(C)C. The van der Waals surface area contributed by atoms with Crippen molar-refractivity contribution in [2.24, 2.45) is 0 Å². The number of esters is 1. The number of aliphatic hydroxyl groups excluding tert-OH is 1. The third kappa shape index (κ3) is 4.66. The van der Waals surface area contributed by atoms with Crippen LogP contribution in [0.15, 0.2) is 24.3 Å². The third-order valence-electron chi connectivity index (χ3n) is 2.57. The van der Waals surface area contributed by atoms with Gasteiger partial charge in [-0.25, -0.2) is 4.79 Å². The van der Waals surface area contributed by atoms with Crippen molar-refractivity contribution in [1.29, 1.82) is 0 Å². The van der Waals surface area contributed by atoms with E-state index in [1.54, 1.807) is 45.9 Å². The summed E-state index contributed by atoms with van der Waals surface area (Å²) in [6.45, 7) is 6.47. The second-order valence-corrected chi connectivity index (χ2v) is 5.56. The lowest BCUT2D eigenvalue weighted by Crippen LogP contribution is -2.46. The number of nitrogens with one attached hydrogen (secondary N) is 1. The van der Waals surface area contributed by atoms with Crippen LogP contribution in [0.4, 0.5) is 0 Å². The second-order valence-electron chi connectivity index (χ2n) is 5.56. The molecule has 0 aromatic heterocycles. The fourth-order valence-corrected chi connectivity index (χ4v) is 1.62. The van der Waals surface area contributed by atoms with E-state index in [1.165, 1.54) is 0 Å². The fourth-order valence-electron chi connectivity index (χ4n) is 1.62. The number of amides is 1. The number of carbonyl (C=O) groups excluding carboxylic acids is 2. The molecule has 0 aliphatic heterocycles. The largest absolute Gasteiger partial charge is 0.458 e. The summed E-state index contributed by atoms with van der Waals surface area (Å²) in [6, 6.07) is 5.96. The maximum Gasteiger partial charge on any atom is 0.331 e. The molecule has 0 radical (unpaired) electrons. The minimum Gasteiger partial charge on any atom is -0.458 e. The first kappa shape index (κ1) is 16.2. The van der Waals surface area contributed by atoms with Gasteiger partial charge in [0.25, 0.3) is 5.91 Å². The van der Waals surface area contributed by atoms with Crippen molar-refractivity contribution in [3.05, 3.63) is 35.4 Å². The van der Waals surface area contributed by atoms with Crippen molar-refractivity contribution >= 4 is 11.9 Å². The Labute approximate surface area is 118 Å². The normalized spacial score (nSPS) is 12.7. The van der Waals surface area contributed by atoms with Gasteiger partial charge in [0, 0.05) is 5.56 Å². The van der Waals surface area contributed by atoms with Crippen LogP contribution in [0.2, 0.25) is 0 Å². The van der Waals surface area contributed by atoms with Gasteiger partial charge < -0.3 is 15.2 Å². The van der Waals surface area contributed by atoms with Gasteiger partial charge in [-0.3, -0.25) is 4.79 Å². The van der Waals surface area contributed by atoms with Crippen molar-refractivity contribution < 1.29 is 19.4 Å². The summed E-state index contributed by atoms with van der Waals surface area (Å²) < 4.78 is 5.14. The molecule has 0 heterocycles. The molecule has 0 aliphatic carbocycles. The van der Waals surface area contributed by atoms with Crippen LogP contribution in [-0.4, -0.2) is 35.2 Å². The van der Waals surface area contributed by atoms with Crippen molar-refractivity contribution in [2.75, 3.05) is 6.61 Å². The van der Waals surface area contributed by atoms with Gasteiger partial charge in [-0.2, -0.15) is 0 Å². The molecule has 0 saturated heterocycles. The highest BCUT2D eigenvalue weighted by Gasteiger charge is 2.26. The highest BCUT2D eigenvalue weighted by atomic mass is 16.6. The Morgan fingerprint density at radius 1 is 1.30 bits per heavy atom. The van der Waals surface area contributed by atoms with Crippen LogP contribution in [0, 0.1) is 6.92 Å². The summed E-state index contributed by atoms with van der Waals surface area (Å²) in [4.78, 5) is 23.9. The molecule has 5 nitrogen and oxygen atoms in total. The summed E-state index contributed by atoms with van der Waals surface area (Å²) in [5, 5.41) is 11.7. The van der Waals surface area contributed by atoms with E-state index < -0.39 is 30.1 Å². The molecule has 20 heavy (non-hydrogen) atoms. The molecule has 2 N–H and O–H groups in total. The molecular formula is C15H21NO4. The predicted molar refractivity (Wildman–Crippen MR) is 75.4 cm³/mol. The lowest BCUT2D eigenvalue weighted by atomic mass is 10.1. The standard InChI is InChI=1S/C15H21NO4/c1-10-7-5-6-8-11(10)13(18)16-12(9-17)14(19)20-15(2,3)4/h5-8,12,17H,9H2,1-4H3,(H,16,18)/t12-/m0/s1. The van der Waals surface area contributed by atoms with Crippen LogP contribution in [-0.2, 0) is 9.53 Å². The lowest BCUT2D eigenvalue weighted by molar-refractivity contribution is -0.158. The van der Waals surface area contributed by atoms with Crippen LogP contribution in [0.3, 0.4) is 0 Å². The van der Waals surface area contributed by atoms with Crippen molar-refractivity contribution in [1.82, 2.24) is 5.32 Å². The van der Waals surface area contributed by atoms with Crippen molar-refractivity contribution in [3.8, 4) is 0 Å². The van der Waals surface area contributed by atoms with Crippen LogP contribution >= 0.6 is 0 Å². The average molecular weight is 279 g/mol. The number of hydrogen-bond donors (Lipinski definition) is 2. The van der Waals surface area contributed by atoms with Crippen LogP contribution in [0.1, 0.15) is 36.7 Å². The zero-order valence-corrected chi connectivity index (χ0v) is 12.3. The quantitative estimate of drug-likeness (QED) is 0.817. The summed E-state index contributed by atoms with van der Waals surface area (Å²) in [7, 11) is 0. The van der Waals surface area contributed by atoms with E-state index in [2.05, 4.69) is 5.32 Å². The number of aliphatic hydroxyl groups is 1. The average Bonchev–Trinajstić information content (AvgIpc) is 2.33. The Hall–Kier alpha value is -1.88. The van der Waals surface area contributed by atoms with Gasteiger partial charge >= 0.3 is 5.97 Å². The Bertz CT molecular complexity index is 491. The molecule has 1 rings (SSSR count). The smallest absolute Gasteiger partial charge is 0.331 e. The number of hydrogen-bond acceptors (Lipinski definition) is 4. The van der Waals surface area contributed by atoms with Crippen molar-refractivity contribution in [3.63, 3.8) is 0 Å². The first-order valence-electron chi connectivity index (χ1n) is 6.45. The molecule has 0 spiro atoms. The lowest BCUT2D eigenvalue weighted by Gasteiger charge is -2.23. The van der Waals surface area contributed by atoms with E-state index in [-0.39, 0.29) is 0 Å². The molecule has 110 valence electrons. The minimum absolute atomic E-state index is 0.409. The van der Waals surface area contributed by atoms with Gasteiger partial charge in [-0.1, -0.05) is 18.2 Å². The number of benzene rings is 1. The Morgan fingerprint density at radius 3 is 2.40 bits per heavy atom. The predicted octanol–water partition coefficient (Wildman–Crippen LogP) is 1.43. The first-order valence-corrected chi connectivity index (χ1v) is 6.45. The minimum atomic E-state index is -1.07. The first-order chi connectivity index (χ1) is 9.24. The molecule has 1 aromatic carbocycles. The molecule has 0 bridgehead atoms. The van der Waals surface area contributed by atoms with E-state index in [4.69, 9.17) is 4.74 Å². The number of rotatable bonds is 4. The van der Waals surface area contributed by atoms with Gasteiger partial charge in [0.1, 0.15) is 5.60 Å². The van der Waals surface area contributed by atoms with Gasteiger partial charge in [0.05, 0.1) is 6.61 Å². The highest BCUT2D eigenvalue weighted by Crippen LogP contribution is 2.10. The van der Waals surface area contributed by atoms with Gasteiger partial charge in [0.15, 0.2) is 6.04 Å². The molecule has 1 aromatic rings. The zero-order valence-electron chi connectivity index (χ0n) is 12.3. The second kappa shape index (κ2) is 6.52. The summed E-state index contributed by atoms with van der Waals surface area (Å²) in [6.07, 6.45) is 0. The molecular weight excluding hydrogens is 258 g/mol. The Balaban J connectivity index is 2.77. The Morgan fingerprint density at radius 2 is 1.90 bits per heavy atom. The topological polar surface area (TPSA) is 75.6 Å². The third-order valence-corrected chi connectivity index (χ3v) is 2.57. The van der Waals surface area contributed by atoms with Gasteiger partial charge in [-0.15, -0.1) is 0 Å². The van der Waals surface area contributed by atoms with Crippen LogP contribution < -0.4 is 5.32 Å². The zero-order chi connectivity index (χ0) is 15.3. The van der Waals surface area contributed by atoms with E-state index in [9.17, 15) is 14.7 Å². The molecule has 0 aliphatic rings. The maximum atomic E-state index is 12.1. The van der Waals surface area contributed by atoms with E-state index >= 15 is 0 Å². The summed E-state index contributed by atoms with van der Waals surface area (Å²) in [5.74, 6) is -1.06. The van der Waals surface area contributed by atoms with Crippen molar-refractivity contribution in [2.45, 2.75) is 39.3 Å².